The fraction of sp³-hybridized carbons (Fsp3) is 0.440. The van der Waals surface area contributed by atoms with E-state index in [2.05, 4.69) is 31.4 Å². The summed E-state index contributed by atoms with van der Waals surface area (Å²) in [6, 6.07) is 13.7. The molecule has 4 atom stereocenters. The summed E-state index contributed by atoms with van der Waals surface area (Å²) in [5.41, 5.74) is 0.235. The van der Waals surface area contributed by atoms with Crippen LogP contribution in [0.5, 0.6) is 0 Å². The Hall–Kier alpha value is -2.86. The molecule has 2 aromatic carbocycles. The van der Waals surface area contributed by atoms with Crippen LogP contribution in [0.15, 0.2) is 48.5 Å². The number of fused-ring (bicyclic) bond motifs is 1. The highest BCUT2D eigenvalue weighted by Gasteiger charge is 2.52. The lowest BCUT2D eigenvalue weighted by molar-refractivity contribution is -0.141. The summed E-state index contributed by atoms with van der Waals surface area (Å²) >= 11 is 0. The van der Waals surface area contributed by atoms with Crippen molar-refractivity contribution < 1.29 is 14.7 Å². The number of rotatable bonds is 4. The van der Waals surface area contributed by atoms with Gasteiger partial charge < -0.3 is 15.7 Å². The number of hydrogen-bond acceptors (Lipinski definition) is 3. The maximum Gasteiger partial charge on any atom is 0.329 e. The van der Waals surface area contributed by atoms with Crippen LogP contribution in [0.1, 0.15) is 51.2 Å². The summed E-state index contributed by atoms with van der Waals surface area (Å²) in [5.74, 6) is 0.222. The molecule has 3 amide bonds. The van der Waals surface area contributed by atoms with Gasteiger partial charge in [0, 0.05) is 17.3 Å². The molecule has 6 heteroatoms. The fourth-order valence-electron chi connectivity index (χ4n) is 4.80. The van der Waals surface area contributed by atoms with Gasteiger partial charge in [-0.15, -0.1) is 0 Å². The Labute approximate surface area is 183 Å². The number of carbonyl (C=O) groups excluding carboxylic acids is 2. The highest BCUT2D eigenvalue weighted by atomic mass is 16.3. The molecule has 0 saturated heterocycles. The number of aliphatic hydroxyl groups is 1. The van der Waals surface area contributed by atoms with Crippen LogP contribution < -0.4 is 15.5 Å². The molecule has 3 N–H and O–H groups in total. The first-order valence-electron chi connectivity index (χ1n) is 11.2. The van der Waals surface area contributed by atoms with Crippen LogP contribution in [0.4, 0.5) is 16.2 Å². The summed E-state index contributed by atoms with van der Waals surface area (Å²) in [6.07, 6.45) is 3.90. The number of anilines is 2. The number of urea groups is 1. The minimum Gasteiger partial charge on any atom is -0.359 e. The zero-order valence-electron chi connectivity index (χ0n) is 18.4. The van der Waals surface area contributed by atoms with Gasteiger partial charge in [0.05, 0.1) is 5.69 Å². The van der Waals surface area contributed by atoms with E-state index in [4.69, 9.17) is 0 Å². The number of carbonyl (C=O) groups is 2. The number of amides is 3. The summed E-state index contributed by atoms with van der Waals surface area (Å²) in [7, 11) is 0. The Morgan fingerprint density at radius 3 is 2.58 bits per heavy atom. The Balaban J connectivity index is 1.76. The van der Waals surface area contributed by atoms with E-state index in [1.807, 2.05) is 12.1 Å². The first-order chi connectivity index (χ1) is 14.9. The Kier molecular flexibility index (Phi) is 5.75. The van der Waals surface area contributed by atoms with Crippen molar-refractivity contribution in [3.05, 3.63) is 59.7 Å². The molecule has 0 spiro atoms. The Morgan fingerprint density at radius 1 is 1.16 bits per heavy atom. The van der Waals surface area contributed by atoms with Crippen molar-refractivity contribution in [2.75, 3.05) is 10.2 Å². The minimum absolute atomic E-state index is 0.0401. The van der Waals surface area contributed by atoms with Crippen LogP contribution in [0, 0.1) is 11.8 Å². The molecule has 31 heavy (non-hydrogen) atoms. The lowest BCUT2D eigenvalue weighted by Crippen LogP contribution is -2.64. The predicted molar refractivity (Wildman–Crippen MR) is 122 cm³/mol. The first-order valence-corrected chi connectivity index (χ1v) is 11.2. The zero-order chi connectivity index (χ0) is 22.2. The molecule has 2 aliphatic rings. The van der Waals surface area contributed by atoms with E-state index in [0.29, 0.717) is 28.8 Å². The minimum atomic E-state index is -2.15. The number of hydrogen-bond donors (Lipinski definition) is 3. The fourth-order valence-corrected chi connectivity index (χ4v) is 4.80. The highest BCUT2D eigenvalue weighted by Crippen LogP contribution is 2.40. The van der Waals surface area contributed by atoms with Crippen LogP contribution >= 0.6 is 0 Å². The Morgan fingerprint density at radius 2 is 1.87 bits per heavy atom. The van der Waals surface area contributed by atoms with Gasteiger partial charge >= 0.3 is 6.03 Å². The average Bonchev–Trinajstić information content (AvgIpc) is 2.77. The van der Waals surface area contributed by atoms with Crippen LogP contribution in [-0.2, 0) is 16.9 Å². The van der Waals surface area contributed by atoms with Gasteiger partial charge in [0.1, 0.15) is 0 Å². The van der Waals surface area contributed by atoms with E-state index < -0.39 is 17.7 Å². The standard InChI is InChI=1S/C25H31N3O3/c1-4-18-12-14-19(15-13-18)28-24(30)27-22-10-6-5-9-20(22)25(28,31)23(29)26-21-11-7-8-16(2)17(21)3/h5-6,9-10,12-17,21,31H,4,7-8,11H2,1-3H3,(H,26,29)(H,27,30)/t16-,17+,21+,25-/m1/s1. The van der Waals surface area contributed by atoms with Gasteiger partial charge in [-0.2, -0.15) is 0 Å². The number of aryl methyl sites for hydroxylation is 1. The molecular weight excluding hydrogens is 390 g/mol. The second-order valence-corrected chi connectivity index (χ2v) is 8.85. The second kappa shape index (κ2) is 8.35. The molecule has 1 fully saturated rings. The average molecular weight is 422 g/mol. The van der Waals surface area contributed by atoms with E-state index in [9.17, 15) is 14.7 Å². The monoisotopic (exact) mass is 421 g/mol. The van der Waals surface area contributed by atoms with Crippen molar-refractivity contribution in [2.45, 2.75) is 58.2 Å². The summed E-state index contributed by atoms with van der Waals surface area (Å²) in [4.78, 5) is 28.0. The van der Waals surface area contributed by atoms with Crippen molar-refractivity contribution in [1.29, 1.82) is 0 Å². The maximum absolute atomic E-state index is 13.7. The second-order valence-electron chi connectivity index (χ2n) is 8.85. The van der Waals surface area contributed by atoms with Crippen molar-refractivity contribution in [1.82, 2.24) is 5.32 Å². The smallest absolute Gasteiger partial charge is 0.329 e. The molecular formula is C25H31N3O3. The third-order valence-electron chi connectivity index (χ3n) is 7.01. The molecule has 0 unspecified atom stereocenters. The van der Waals surface area contributed by atoms with Gasteiger partial charge in [-0.3, -0.25) is 9.69 Å². The van der Waals surface area contributed by atoms with Crippen LogP contribution in [0.25, 0.3) is 0 Å². The lowest BCUT2D eigenvalue weighted by Gasteiger charge is -2.44. The summed E-state index contributed by atoms with van der Waals surface area (Å²) in [5, 5.41) is 17.8. The van der Waals surface area contributed by atoms with E-state index in [0.717, 1.165) is 31.2 Å². The molecule has 6 nitrogen and oxygen atoms in total. The topological polar surface area (TPSA) is 81.7 Å². The molecule has 0 aromatic heterocycles. The molecule has 1 heterocycles. The van der Waals surface area contributed by atoms with E-state index >= 15 is 0 Å². The van der Waals surface area contributed by atoms with Gasteiger partial charge in [0.2, 0.25) is 0 Å². The third-order valence-corrected chi connectivity index (χ3v) is 7.01. The molecule has 2 aromatic rings. The molecule has 1 saturated carbocycles. The van der Waals surface area contributed by atoms with Crippen molar-refractivity contribution >= 4 is 23.3 Å². The van der Waals surface area contributed by atoms with Gasteiger partial charge in [-0.25, -0.2) is 4.79 Å². The Bertz CT molecular complexity index is 974. The van der Waals surface area contributed by atoms with Gasteiger partial charge in [0.15, 0.2) is 0 Å². The maximum atomic E-state index is 13.7. The van der Waals surface area contributed by atoms with E-state index in [1.54, 1.807) is 36.4 Å². The number of nitrogens with zero attached hydrogens (tertiary/aromatic N) is 1. The van der Waals surface area contributed by atoms with Crippen molar-refractivity contribution in [2.24, 2.45) is 11.8 Å². The number of benzene rings is 2. The molecule has 164 valence electrons. The normalized spacial score (nSPS) is 27.9. The summed E-state index contributed by atoms with van der Waals surface area (Å²) < 4.78 is 0. The SMILES string of the molecule is CCc1ccc(N2C(=O)Nc3ccccc3[C@@]2(O)C(=O)N[C@H]2CCC[C@@H](C)[C@@H]2C)cc1. The third kappa shape index (κ3) is 3.69. The van der Waals surface area contributed by atoms with Crippen molar-refractivity contribution in [3.8, 4) is 0 Å². The van der Waals surface area contributed by atoms with Crippen LogP contribution in [0.2, 0.25) is 0 Å². The molecule has 1 aliphatic carbocycles. The van der Waals surface area contributed by atoms with Crippen LogP contribution in [-0.4, -0.2) is 23.1 Å². The van der Waals surface area contributed by atoms with Gasteiger partial charge in [-0.05, 0) is 48.4 Å². The number of nitrogens with one attached hydrogen (secondary N) is 2. The van der Waals surface area contributed by atoms with E-state index in [1.165, 1.54) is 4.90 Å². The first kappa shape index (κ1) is 21.4. The van der Waals surface area contributed by atoms with Gasteiger partial charge in [-0.1, -0.05) is 63.9 Å². The molecule has 4 rings (SSSR count). The highest BCUT2D eigenvalue weighted by molar-refractivity contribution is 6.11. The molecule has 0 bridgehead atoms. The predicted octanol–water partition coefficient (Wildman–Crippen LogP) is 4.39. The molecule has 1 aliphatic heterocycles. The summed E-state index contributed by atoms with van der Waals surface area (Å²) in [6.45, 7) is 6.39. The molecule has 0 radical (unpaired) electrons. The van der Waals surface area contributed by atoms with Crippen molar-refractivity contribution in [3.63, 3.8) is 0 Å². The zero-order valence-corrected chi connectivity index (χ0v) is 18.4. The van der Waals surface area contributed by atoms with Crippen LogP contribution in [0.3, 0.4) is 0 Å². The lowest BCUT2D eigenvalue weighted by atomic mass is 9.78. The van der Waals surface area contributed by atoms with E-state index in [-0.39, 0.29) is 6.04 Å². The largest absolute Gasteiger partial charge is 0.359 e. The number of para-hydroxylation sites is 1. The van der Waals surface area contributed by atoms with Gasteiger partial charge in [0.25, 0.3) is 11.6 Å². The quantitative estimate of drug-likeness (QED) is 0.685.